The first-order chi connectivity index (χ1) is 9.84. The smallest absolute Gasteiger partial charge is 0.103 e. The van der Waals surface area contributed by atoms with Gasteiger partial charge in [0.15, 0.2) is 0 Å². The molecule has 0 aromatic heterocycles. The molecule has 0 spiro atoms. The minimum atomic E-state index is -0.518. The monoisotopic (exact) mass is 298 g/mol. The van der Waals surface area contributed by atoms with Crippen molar-refractivity contribution in [1.29, 1.82) is 5.26 Å². The Morgan fingerprint density at radius 2 is 2.14 bits per heavy atom. The van der Waals surface area contributed by atoms with E-state index in [0.29, 0.717) is 6.42 Å². The van der Waals surface area contributed by atoms with Gasteiger partial charge in [-0.3, -0.25) is 0 Å². The number of allylic oxidation sites excluding steroid dienone is 1. The molecule has 1 aliphatic rings. The van der Waals surface area contributed by atoms with E-state index in [9.17, 15) is 5.26 Å². The Kier molecular flexibility index (Phi) is 4.20. The van der Waals surface area contributed by atoms with Crippen molar-refractivity contribution in [2.75, 3.05) is 0 Å². The SMILES string of the molecule is C=CC1(S)CC(C#N)C(c2ccc(C)c(C)c2)N1C(=C)C. The molecule has 3 unspecified atom stereocenters. The quantitative estimate of drug-likeness (QED) is 0.655. The van der Waals surface area contributed by atoms with Gasteiger partial charge in [0.2, 0.25) is 0 Å². The molecule has 1 fully saturated rings. The molecular weight excluding hydrogens is 276 g/mol. The number of benzene rings is 1. The van der Waals surface area contributed by atoms with Gasteiger partial charge in [0.05, 0.1) is 18.0 Å². The van der Waals surface area contributed by atoms with E-state index in [1.165, 1.54) is 11.1 Å². The zero-order chi connectivity index (χ0) is 15.8. The normalized spacial score (nSPS) is 28.2. The van der Waals surface area contributed by atoms with E-state index in [2.05, 4.69) is 56.2 Å². The van der Waals surface area contributed by atoms with Crippen molar-refractivity contribution < 1.29 is 0 Å². The molecular formula is C18H22N2S. The van der Waals surface area contributed by atoms with Crippen LogP contribution in [0.1, 0.15) is 36.1 Å². The Bertz CT molecular complexity index is 629. The number of thiol groups is 1. The third-order valence-corrected chi connectivity index (χ3v) is 4.95. The Labute approximate surface area is 133 Å². The van der Waals surface area contributed by atoms with Crippen LogP contribution in [0.3, 0.4) is 0 Å². The first-order valence-electron chi connectivity index (χ1n) is 7.11. The van der Waals surface area contributed by atoms with Crippen LogP contribution in [0.4, 0.5) is 0 Å². The maximum Gasteiger partial charge on any atom is 0.103 e. The lowest BCUT2D eigenvalue weighted by Crippen LogP contribution is -2.36. The molecule has 0 aliphatic carbocycles. The van der Waals surface area contributed by atoms with Crippen LogP contribution >= 0.6 is 12.6 Å². The van der Waals surface area contributed by atoms with Crippen LogP contribution < -0.4 is 0 Å². The van der Waals surface area contributed by atoms with E-state index < -0.39 is 4.87 Å². The fourth-order valence-electron chi connectivity index (χ4n) is 3.15. The highest BCUT2D eigenvalue weighted by atomic mass is 32.1. The fourth-order valence-corrected chi connectivity index (χ4v) is 3.64. The fraction of sp³-hybridized carbons (Fsp3) is 0.389. The zero-order valence-electron chi connectivity index (χ0n) is 12.9. The lowest BCUT2D eigenvalue weighted by Gasteiger charge is -2.38. The molecule has 1 saturated heterocycles. The van der Waals surface area contributed by atoms with Crippen LogP contribution in [0, 0.1) is 31.1 Å². The number of rotatable bonds is 3. The van der Waals surface area contributed by atoms with Crippen molar-refractivity contribution in [1.82, 2.24) is 4.90 Å². The van der Waals surface area contributed by atoms with Gasteiger partial charge in [-0.25, -0.2) is 0 Å². The van der Waals surface area contributed by atoms with Crippen molar-refractivity contribution in [3.05, 3.63) is 59.8 Å². The van der Waals surface area contributed by atoms with E-state index in [4.69, 9.17) is 12.6 Å². The highest BCUT2D eigenvalue weighted by molar-refractivity contribution is 7.82. The molecule has 1 aromatic rings. The summed E-state index contributed by atoms with van der Waals surface area (Å²) in [6.07, 6.45) is 2.47. The average Bonchev–Trinajstić information content (AvgIpc) is 2.75. The standard InChI is InChI=1S/C18H22N2S/c1-6-18(21)10-16(11-19)17(20(18)12(2)3)15-8-7-13(4)14(5)9-15/h6-9,16-17,21H,1-2,10H2,3-5H3. The molecule has 3 atom stereocenters. The lowest BCUT2D eigenvalue weighted by atomic mass is 9.92. The predicted octanol–water partition coefficient (Wildman–Crippen LogP) is 4.54. The lowest BCUT2D eigenvalue weighted by molar-refractivity contribution is 0.257. The van der Waals surface area contributed by atoms with Crippen LogP contribution in [-0.4, -0.2) is 9.77 Å². The Morgan fingerprint density at radius 3 is 2.62 bits per heavy atom. The van der Waals surface area contributed by atoms with Crippen molar-refractivity contribution in [3.8, 4) is 6.07 Å². The summed E-state index contributed by atoms with van der Waals surface area (Å²) in [5.41, 5.74) is 4.55. The van der Waals surface area contributed by atoms with Crippen molar-refractivity contribution in [3.63, 3.8) is 0 Å². The van der Waals surface area contributed by atoms with E-state index in [1.807, 2.05) is 13.0 Å². The van der Waals surface area contributed by atoms with Crippen molar-refractivity contribution in [2.24, 2.45) is 5.92 Å². The molecule has 110 valence electrons. The van der Waals surface area contributed by atoms with Gasteiger partial charge in [0.25, 0.3) is 0 Å². The van der Waals surface area contributed by atoms with Crippen LogP contribution in [0.25, 0.3) is 0 Å². The molecule has 1 aliphatic heterocycles. The second-order valence-electron chi connectivity index (χ2n) is 5.92. The second-order valence-corrected chi connectivity index (χ2v) is 6.69. The predicted molar refractivity (Wildman–Crippen MR) is 90.9 cm³/mol. The van der Waals surface area contributed by atoms with E-state index in [1.54, 1.807) is 0 Å². The highest BCUT2D eigenvalue weighted by Gasteiger charge is 2.48. The topological polar surface area (TPSA) is 27.0 Å². The number of hydrogen-bond acceptors (Lipinski definition) is 3. The summed E-state index contributed by atoms with van der Waals surface area (Å²) in [6.45, 7) is 14.1. The zero-order valence-corrected chi connectivity index (χ0v) is 13.8. The summed E-state index contributed by atoms with van der Waals surface area (Å²) >= 11 is 4.78. The number of nitrogens with zero attached hydrogens (tertiary/aromatic N) is 2. The number of nitriles is 1. The van der Waals surface area contributed by atoms with Gasteiger partial charge in [0, 0.05) is 12.1 Å². The second kappa shape index (κ2) is 5.61. The number of hydrogen-bond donors (Lipinski definition) is 1. The van der Waals surface area contributed by atoms with E-state index in [-0.39, 0.29) is 12.0 Å². The van der Waals surface area contributed by atoms with Gasteiger partial charge in [-0.1, -0.05) is 37.4 Å². The van der Waals surface area contributed by atoms with Gasteiger partial charge in [-0.15, -0.1) is 12.6 Å². The summed E-state index contributed by atoms with van der Waals surface area (Å²) in [5, 5.41) is 9.57. The minimum absolute atomic E-state index is 0.0256. The largest absolute Gasteiger partial charge is 0.349 e. The molecule has 0 N–H and O–H groups in total. The summed E-state index contributed by atoms with van der Waals surface area (Å²) in [6, 6.07) is 8.81. The van der Waals surface area contributed by atoms with Crippen LogP contribution in [0.5, 0.6) is 0 Å². The molecule has 0 saturated carbocycles. The minimum Gasteiger partial charge on any atom is -0.349 e. The van der Waals surface area contributed by atoms with Crippen LogP contribution in [-0.2, 0) is 0 Å². The van der Waals surface area contributed by atoms with Gasteiger partial charge in [-0.05, 0) is 37.5 Å². The van der Waals surface area contributed by atoms with Crippen LogP contribution in [0.2, 0.25) is 0 Å². The molecule has 0 radical (unpaired) electrons. The van der Waals surface area contributed by atoms with Crippen molar-refractivity contribution >= 4 is 12.6 Å². The summed E-state index contributed by atoms with van der Waals surface area (Å²) in [7, 11) is 0. The van der Waals surface area contributed by atoms with Gasteiger partial charge in [0.1, 0.15) is 4.87 Å². The maximum absolute atomic E-state index is 9.57. The highest BCUT2D eigenvalue weighted by Crippen LogP contribution is 2.50. The summed E-state index contributed by atoms with van der Waals surface area (Å²) in [4.78, 5) is 1.61. The molecule has 1 heterocycles. The third kappa shape index (κ3) is 2.61. The number of likely N-dealkylation sites (tertiary alicyclic amines) is 1. The van der Waals surface area contributed by atoms with Gasteiger partial charge < -0.3 is 4.90 Å². The first kappa shape index (κ1) is 15.7. The Balaban J connectivity index is 2.56. The van der Waals surface area contributed by atoms with Gasteiger partial charge in [-0.2, -0.15) is 5.26 Å². The third-order valence-electron chi connectivity index (χ3n) is 4.37. The van der Waals surface area contributed by atoms with E-state index in [0.717, 1.165) is 11.3 Å². The maximum atomic E-state index is 9.57. The molecule has 2 rings (SSSR count). The summed E-state index contributed by atoms with van der Waals surface area (Å²) in [5.74, 6) is -0.126. The van der Waals surface area contributed by atoms with Crippen LogP contribution in [0.15, 0.2) is 43.1 Å². The van der Waals surface area contributed by atoms with Crippen molar-refractivity contribution in [2.45, 2.75) is 38.1 Å². The molecule has 21 heavy (non-hydrogen) atoms. The van der Waals surface area contributed by atoms with Gasteiger partial charge >= 0.3 is 0 Å². The first-order valence-corrected chi connectivity index (χ1v) is 7.56. The Hall–Kier alpha value is -1.66. The molecule has 0 amide bonds. The average molecular weight is 298 g/mol. The summed E-state index contributed by atoms with van der Waals surface area (Å²) < 4.78 is 0. The molecule has 1 aromatic carbocycles. The molecule has 3 heteroatoms. The molecule has 0 bridgehead atoms. The Morgan fingerprint density at radius 1 is 1.48 bits per heavy atom. The molecule has 2 nitrogen and oxygen atoms in total. The van der Waals surface area contributed by atoms with E-state index >= 15 is 0 Å². The number of aryl methyl sites for hydroxylation is 2.